The molecular formula is C14H21BrN2O4. The van der Waals surface area contributed by atoms with Crippen molar-refractivity contribution in [3.05, 3.63) is 0 Å². The first-order chi connectivity index (χ1) is 10.00. The first-order valence-electron chi connectivity index (χ1n) is 7.36. The molecule has 0 radical (unpaired) electrons. The largest absolute Gasteiger partial charge is 0.468 e. The molecule has 0 bridgehead atoms. The number of urea groups is 1. The first-order valence-corrected chi connectivity index (χ1v) is 8.28. The van der Waals surface area contributed by atoms with Gasteiger partial charge in [0.15, 0.2) is 0 Å². The molecule has 1 N–H and O–H groups in total. The normalized spacial score (nSPS) is 23.4. The van der Waals surface area contributed by atoms with Crippen LogP contribution in [0.1, 0.15) is 44.9 Å². The molecule has 7 heteroatoms. The zero-order valence-corrected chi connectivity index (χ0v) is 13.8. The van der Waals surface area contributed by atoms with Gasteiger partial charge < -0.3 is 10.1 Å². The van der Waals surface area contributed by atoms with Crippen LogP contribution in [-0.4, -0.2) is 46.8 Å². The van der Waals surface area contributed by atoms with Crippen molar-refractivity contribution in [2.24, 2.45) is 0 Å². The van der Waals surface area contributed by atoms with Gasteiger partial charge in [0.1, 0.15) is 10.4 Å². The Morgan fingerprint density at radius 2 is 1.86 bits per heavy atom. The van der Waals surface area contributed by atoms with Crippen molar-refractivity contribution in [2.75, 3.05) is 13.7 Å². The second-order valence-electron chi connectivity index (χ2n) is 5.69. The minimum Gasteiger partial charge on any atom is -0.468 e. The summed E-state index contributed by atoms with van der Waals surface area (Å²) < 4.78 is 4.61. The number of amides is 3. The summed E-state index contributed by atoms with van der Waals surface area (Å²) in [6, 6.07) is -0.408. The summed E-state index contributed by atoms with van der Waals surface area (Å²) in [5.41, 5.74) is -0.764. The lowest BCUT2D eigenvalue weighted by Crippen LogP contribution is -2.47. The third-order valence-electron chi connectivity index (χ3n) is 4.25. The Balaban J connectivity index is 2.09. The molecule has 2 rings (SSSR count). The number of alkyl halides is 1. The van der Waals surface area contributed by atoms with E-state index in [1.807, 2.05) is 0 Å². The SMILES string of the molecule is COC(=O)C(Br)CN1C(=O)NC2(CCCCCCC2)C1=O. The van der Waals surface area contributed by atoms with Gasteiger partial charge in [-0.05, 0) is 12.8 Å². The molecule has 1 unspecified atom stereocenters. The Kier molecular flexibility index (Phi) is 5.24. The van der Waals surface area contributed by atoms with Gasteiger partial charge in [0.2, 0.25) is 0 Å². The fourth-order valence-corrected chi connectivity index (χ4v) is 3.53. The summed E-state index contributed by atoms with van der Waals surface area (Å²) in [6.07, 6.45) is 6.61. The molecule has 1 saturated heterocycles. The molecule has 1 heterocycles. The van der Waals surface area contributed by atoms with Crippen molar-refractivity contribution in [3.8, 4) is 0 Å². The van der Waals surface area contributed by atoms with Crippen LogP contribution >= 0.6 is 15.9 Å². The van der Waals surface area contributed by atoms with Gasteiger partial charge in [-0.25, -0.2) is 4.79 Å². The molecule has 118 valence electrons. The average Bonchev–Trinajstić information content (AvgIpc) is 2.67. The van der Waals surface area contributed by atoms with Crippen molar-refractivity contribution in [2.45, 2.75) is 55.3 Å². The van der Waals surface area contributed by atoms with Crippen LogP contribution < -0.4 is 5.32 Å². The number of rotatable bonds is 3. The highest BCUT2D eigenvalue weighted by molar-refractivity contribution is 9.10. The van der Waals surface area contributed by atoms with E-state index in [-0.39, 0.29) is 12.5 Å². The van der Waals surface area contributed by atoms with Gasteiger partial charge in [-0.15, -0.1) is 0 Å². The van der Waals surface area contributed by atoms with Gasteiger partial charge in [-0.3, -0.25) is 14.5 Å². The van der Waals surface area contributed by atoms with E-state index in [1.54, 1.807) is 0 Å². The second kappa shape index (κ2) is 6.77. The number of ether oxygens (including phenoxy) is 1. The Bertz CT molecular complexity index is 433. The number of halogens is 1. The Labute approximate surface area is 132 Å². The molecule has 3 amide bonds. The third-order valence-corrected chi connectivity index (χ3v) is 4.92. The van der Waals surface area contributed by atoms with Crippen molar-refractivity contribution >= 4 is 33.8 Å². The Morgan fingerprint density at radius 3 is 2.43 bits per heavy atom. The molecule has 0 aromatic carbocycles. The molecule has 1 saturated carbocycles. The highest BCUT2D eigenvalue weighted by atomic mass is 79.9. The van der Waals surface area contributed by atoms with Crippen LogP contribution in [0.3, 0.4) is 0 Å². The summed E-state index contributed by atoms with van der Waals surface area (Å²) in [7, 11) is 1.28. The average molecular weight is 361 g/mol. The molecule has 2 fully saturated rings. The first kappa shape index (κ1) is 16.3. The number of hydrogen-bond donors (Lipinski definition) is 1. The van der Waals surface area contributed by atoms with Crippen molar-refractivity contribution in [1.29, 1.82) is 0 Å². The second-order valence-corrected chi connectivity index (χ2v) is 6.79. The molecular weight excluding hydrogens is 340 g/mol. The fraction of sp³-hybridized carbons (Fsp3) is 0.786. The predicted octanol–water partition coefficient (Wildman–Crippen LogP) is 1.96. The van der Waals surface area contributed by atoms with Gasteiger partial charge >= 0.3 is 12.0 Å². The van der Waals surface area contributed by atoms with E-state index in [0.717, 1.165) is 30.6 Å². The minimum absolute atomic E-state index is 0.000903. The summed E-state index contributed by atoms with van der Waals surface area (Å²) in [4.78, 5) is 36.7. The van der Waals surface area contributed by atoms with Crippen LogP contribution in [0.2, 0.25) is 0 Å². The maximum absolute atomic E-state index is 12.7. The van der Waals surface area contributed by atoms with Crippen molar-refractivity contribution in [3.63, 3.8) is 0 Å². The van der Waals surface area contributed by atoms with Crippen molar-refractivity contribution in [1.82, 2.24) is 10.2 Å². The monoisotopic (exact) mass is 360 g/mol. The van der Waals surface area contributed by atoms with Crippen molar-refractivity contribution < 1.29 is 19.1 Å². The van der Waals surface area contributed by atoms with E-state index in [2.05, 4.69) is 26.0 Å². The van der Waals surface area contributed by atoms with Gasteiger partial charge in [-0.2, -0.15) is 0 Å². The van der Waals surface area contributed by atoms with Crippen LogP contribution in [0.4, 0.5) is 4.79 Å². The maximum Gasteiger partial charge on any atom is 0.325 e. The Hall–Kier alpha value is -1.11. The zero-order valence-electron chi connectivity index (χ0n) is 12.2. The number of nitrogens with one attached hydrogen (secondary N) is 1. The third kappa shape index (κ3) is 3.39. The quantitative estimate of drug-likeness (QED) is 0.474. The van der Waals surface area contributed by atoms with Crippen LogP contribution in [0.25, 0.3) is 0 Å². The van der Waals surface area contributed by atoms with Crippen LogP contribution in [-0.2, 0) is 14.3 Å². The maximum atomic E-state index is 12.7. The lowest BCUT2D eigenvalue weighted by Gasteiger charge is -2.28. The van der Waals surface area contributed by atoms with Gasteiger partial charge in [0, 0.05) is 0 Å². The lowest BCUT2D eigenvalue weighted by atomic mass is 9.84. The van der Waals surface area contributed by atoms with Crippen LogP contribution in [0.15, 0.2) is 0 Å². The number of imide groups is 1. The standard InChI is InChI=1S/C14H21BrN2O4/c1-21-11(18)10(15)9-17-12(19)14(16-13(17)20)7-5-3-2-4-6-8-14/h10H,2-9H2,1H3,(H,16,20). The lowest BCUT2D eigenvalue weighted by molar-refractivity contribution is -0.140. The summed E-state index contributed by atoms with van der Waals surface area (Å²) in [5.74, 6) is -0.697. The number of methoxy groups -OCH3 is 1. The number of hydrogen-bond acceptors (Lipinski definition) is 4. The van der Waals surface area contributed by atoms with E-state index in [1.165, 1.54) is 13.5 Å². The van der Waals surface area contributed by atoms with E-state index in [0.29, 0.717) is 12.8 Å². The van der Waals surface area contributed by atoms with Gasteiger partial charge in [-0.1, -0.05) is 48.0 Å². The summed E-state index contributed by atoms with van der Waals surface area (Å²) in [6.45, 7) is -0.000903. The summed E-state index contributed by atoms with van der Waals surface area (Å²) >= 11 is 3.16. The van der Waals surface area contributed by atoms with E-state index >= 15 is 0 Å². The van der Waals surface area contributed by atoms with E-state index < -0.39 is 22.4 Å². The predicted molar refractivity (Wildman–Crippen MR) is 80.0 cm³/mol. The molecule has 2 aliphatic rings. The smallest absolute Gasteiger partial charge is 0.325 e. The highest BCUT2D eigenvalue weighted by Crippen LogP contribution is 2.32. The zero-order chi connectivity index (χ0) is 15.5. The molecule has 1 spiro atoms. The number of carbonyl (C=O) groups is 3. The number of carbonyl (C=O) groups excluding carboxylic acids is 3. The highest BCUT2D eigenvalue weighted by Gasteiger charge is 2.50. The van der Waals surface area contributed by atoms with Gasteiger partial charge in [0.25, 0.3) is 5.91 Å². The summed E-state index contributed by atoms with van der Waals surface area (Å²) in [5, 5.41) is 2.86. The molecule has 0 aromatic rings. The molecule has 1 aliphatic carbocycles. The van der Waals surface area contributed by atoms with E-state index in [9.17, 15) is 14.4 Å². The van der Waals surface area contributed by atoms with Gasteiger partial charge in [0.05, 0.1) is 13.7 Å². The Morgan fingerprint density at radius 1 is 1.29 bits per heavy atom. The topological polar surface area (TPSA) is 75.7 Å². The minimum atomic E-state index is -0.764. The fourth-order valence-electron chi connectivity index (χ4n) is 3.05. The van der Waals surface area contributed by atoms with E-state index in [4.69, 9.17) is 0 Å². The molecule has 1 atom stereocenters. The molecule has 6 nitrogen and oxygen atoms in total. The number of esters is 1. The van der Waals surface area contributed by atoms with Crippen LogP contribution in [0.5, 0.6) is 0 Å². The molecule has 1 aliphatic heterocycles. The molecule has 0 aromatic heterocycles. The number of nitrogens with zero attached hydrogens (tertiary/aromatic N) is 1. The molecule has 21 heavy (non-hydrogen) atoms. The van der Waals surface area contributed by atoms with Crippen LogP contribution in [0, 0.1) is 0 Å².